The number of halogens is 1. The van der Waals surface area contributed by atoms with Crippen molar-refractivity contribution in [2.45, 2.75) is 39.5 Å². The van der Waals surface area contributed by atoms with Crippen LogP contribution in [0.1, 0.15) is 39.5 Å². The van der Waals surface area contributed by atoms with Crippen molar-refractivity contribution in [2.75, 3.05) is 0 Å². The van der Waals surface area contributed by atoms with Gasteiger partial charge in [0.2, 0.25) is 0 Å². The van der Waals surface area contributed by atoms with Gasteiger partial charge in [-0.25, -0.2) is 0 Å². The lowest BCUT2D eigenvalue weighted by molar-refractivity contribution is -0.138. The first-order chi connectivity index (χ1) is 4.66. The summed E-state index contributed by atoms with van der Waals surface area (Å²) in [5, 5.41) is 8.38. The second kappa shape index (κ2) is 7.86. The zero-order valence-electron chi connectivity index (χ0n) is 7.17. The van der Waals surface area contributed by atoms with E-state index in [1.807, 2.05) is 6.92 Å². The highest BCUT2D eigenvalue weighted by Gasteiger charge is 2.05. The van der Waals surface area contributed by atoms with E-state index in [2.05, 4.69) is 6.92 Å². The molecule has 1 unspecified atom stereocenters. The van der Waals surface area contributed by atoms with Gasteiger partial charge in [-0.05, 0) is 5.92 Å². The van der Waals surface area contributed by atoms with Crippen molar-refractivity contribution in [3.63, 3.8) is 0 Å². The molecule has 0 rings (SSSR count). The van der Waals surface area contributed by atoms with Crippen molar-refractivity contribution in [1.82, 2.24) is 0 Å². The van der Waals surface area contributed by atoms with Crippen LogP contribution < -0.4 is 0 Å². The summed E-state index contributed by atoms with van der Waals surface area (Å²) in [6.07, 6.45) is 3.67. The van der Waals surface area contributed by atoms with Crippen molar-refractivity contribution in [3.8, 4) is 0 Å². The molecule has 0 amide bonds. The molecule has 0 aromatic heterocycles. The van der Waals surface area contributed by atoms with Crippen LogP contribution in [0.5, 0.6) is 0 Å². The molecule has 0 aromatic rings. The Kier molecular flexibility index (Phi) is 9.55. The van der Waals surface area contributed by atoms with Crippen molar-refractivity contribution in [3.05, 3.63) is 0 Å². The van der Waals surface area contributed by atoms with Gasteiger partial charge in [-0.1, -0.05) is 33.1 Å². The average molecular weight is 181 g/mol. The molecular weight excluding hydrogens is 164 g/mol. The fraction of sp³-hybridized carbons (Fsp3) is 0.875. The van der Waals surface area contributed by atoms with Gasteiger partial charge in [-0.3, -0.25) is 4.79 Å². The number of unbranched alkanes of at least 4 members (excludes halogenated alkanes) is 1. The van der Waals surface area contributed by atoms with Gasteiger partial charge in [0, 0.05) is 6.42 Å². The van der Waals surface area contributed by atoms with E-state index in [1.165, 1.54) is 0 Å². The fourth-order valence-corrected chi connectivity index (χ4v) is 0.953. The molecule has 0 saturated carbocycles. The molecule has 0 aliphatic carbocycles. The number of hydrogen-bond donors (Lipinski definition) is 1. The third-order valence-electron chi connectivity index (χ3n) is 1.57. The SMILES string of the molecule is CCCCC(C)CC(=O)O.Cl. The van der Waals surface area contributed by atoms with Crippen LogP contribution >= 0.6 is 12.4 Å². The van der Waals surface area contributed by atoms with Crippen molar-refractivity contribution in [1.29, 1.82) is 0 Å². The first-order valence-corrected chi connectivity index (χ1v) is 3.88. The van der Waals surface area contributed by atoms with Gasteiger partial charge in [0.05, 0.1) is 0 Å². The molecule has 0 heterocycles. The Morgan fingerprint density at radius 1 is 1.55 bits per heavy atom. The molecule has 0 radical (unpaired) electrons. The molecule has 0 aliphatic heterocycles. The smallest absolute Gasteiger partial charge is 0.303 e. The van der Waals surface area contributed by atoms with E-state index >= 15 is 0 Å². The van der Waals surface area contributed by atoms with Crippen LogP contribution in [0.25, 0.3) is 0 Å². The highest BCUT2D eigenvalue weighted by atomic mass is 35.5. The van der Waals surface area contributed by atoms with E-state index in [4.69, 9.17) is 5.11 Å². The monoisotopic (exact) mass is 180 g/mol. The number of carboxylic acid groups (broad SMARTS) is 1. The van der Waals surface area contributed by atoms with E-state index in [1.54, 1.807) is 0 Å². The second-order valence-electron chi connectivity index (χ2n) is 2.85. The highest BCUT2D eigenvalue weighted by Crippen LogP contribution is 2.10. The summed E-state index contributed by atoms with van der Waals surface area (Å²) < 4.78 is 0. The van der Waals surface area contributed by atoms with Gasteiger partial charge in [0.15, 0.2) is 0 Å². The molecule has 0 fully saturated rings. The number of hydrogen-bond acceptors (Lipinski definition) is 1. The molecule has 11 heavy (non-hydrogen) atoms. The zero-order chi connectivity index (χ0) is 7.98. The fourth-order valence-electron chi connectivity index (χ4n) is 0.953. The number of carbonyl (C=O) groups is 1. The third-order valence-corrected chi connectivity index (χ3v) is 1.57. The van der Waals surface area contributed by atoms with Crippen LogP contribution in [-0.2, 0) is 4.79 Å². The Bertz CT molecular complexity index is 104. The lowest BCUT2D eigenvalue weighted by Gasteiger charge is -2.05. The topological polar surface area (TPSA) is 37.3 Å². The van der Waals surface area contributed by atoms with E-state index in [0.29, 0.717) is 12.3 Å². The first kappa shape index (κ1) is 13.4. The summed E-state index contributed by atoms with van der Waals surface area (Å²) in [4.78, 5) is 10.2. The first-order valence-electron chi connectivity index (χ1n) is 3.88. The molecule has 1 atom stereocenters. The molecule has 1 N–H and O–H groups in total. The molecular formula is C8H17ClO2. The molecule has 3 heteroatoms. The minimum absolute atomic E-state index is 0. The zero-order valence-corrected chi connectivity index (χ0v) is 7.99. The summed E-state index contributed by atoms with van der Waals surface area (Å²) in [6.45, 7) is 4.11. The highest BCUT2D eigenvalue weighted by molar-refractivity contribution is 5.85. The molecule has 0 saturated heterocycles. The predicted octanol–water partition coefficient (Wildman–Crippen LogP) is 2.71. The maximum absolute atomic E-state index is 10.2. The molecule has 2 nitrogen and oxygen atoms in total. The van der Waals surface area contributed by atoms with Crippen LogP contribution in [0.15, 0.2) is 0 Å². The van der Waals surface area contributed by atoms with Crippen LogP contribution in [0, 0.1) is 5.92 Å². The number of carboxylic acids is 1. The van der Waals surface area contributed by atoms with E-state index < -0.39 is 5.97 Å². The summed E-state index contributed by atoms with van der Waals surface area (Å²) in [5.74, 6) is -0.332. The second-order valence-corrected chi connectivity index (χ2v) is 2.85. The predicted molar refractivity (Wildman–Crippen MR) is 48.2 cm³/mol. The normalized spacial score (nSPS) is 11.8. The Balaban J connectivity index is 0. The lowest BCUT2D eigenvalue weighted by Crippen LogP contribution is -2.03. The standard InChI is InChI=1S/C8H16O2.ClH/c1-3-4-5-7(2)6-8(9)10;/h7H,3-6H2,1-2H3,(H,9,10);1H. The number of rotatable bonds is 5. The Morgan fingerprint density at radius 2 is 2.09 bits per heavy atom. The Morgan fingerprint density at radius 3 is 2.45 bits per heavy atom. The van der Waals surface area contributed by atoms with Gasteiger partial charge in [0.25, 0.3) is 0 Å². The Labute approximate surface area is 74.4 Å². The van der Waals surface area contributed by atoms with Gasteiger partial charge in [-0.2, -0.15) is 0 Å². The quantitative estimate of drug-likeness (QED) is 0.707. The van der Waals surface area contributed by atoms with Gasteiger partial charge < -0.3 is 5.11 Å². The molecule has 0 spiro atoms. The van der Waals surface area contributed by atoms with E-state index in [-0.39, 0.29) is 12.4 Å². The van der Waals surface area contributed by atoms with Crippen molar-refractivity contribution in [2.24, 2.45) is 5.92 Å². The van der Waals surface area contributed by atoms with Crippen molar-refractivity contribution < 1.29 is 9.90 Å². The summed E-state index contributed by atoms with van der Waals surface area (Å²) in [7, 11) is 0. The van der Waals surface area contributed by atoms with Crippen LogP contribution in [-0.4, -0.2) is 11.1 Å². The summed E-state index contributed by atoms with van der Waals surface area (Å²) in [6, 6.07) is 0. The van der Waals surface area contributed by atoms with Gasteiger partial charge in [0.1, 0.15) is 0 Å². The van der Waals surface area contributed by atoms with Crippen molar-refractivity contribution >= 4 is 18.4 Å². The molecule has 68 valence electrons. The van der Waals surface area contributed by atoms with Crippen LogP contribution in [0.4, 0.5) is 0 Å². The Hall–Kier alpha value is -0.240. The maximum Gasteiger partial charge on any atom is 0.303 e. The maximum atomic E-state index is 10.2. The summed E-state index contributed by atoms with van der Waals surface area (Å²) >= 11 is 0. The van der Waals surface area contributed by atoms with E-state index in [0.717, 1.165) is 19.3 Å². The average Bonchev–Trinajstić information content (AvgIpc) is 1.82. The third kappa shape index (κ3) is 9.76. The number of aliphatic carboxylic acids is 1. The lowest BCUT2D eigenvalue weighted by atomic mass is 10.0. The molecule has 0 aromatic carbocycles. The molecule has 0 bridgehead atoms. The van der Waals surface area contributed by atoms with Gasteiger partial charge >= 0.3 is 5.97 Å². The van der Waals surface area contributed by atoms with E-state index in [9.17, 15) is 4.79 Å². The van der Waals surface area contributed by atoms with Crippen LogP contribution in [0.3, 0.4) is 0 Å². The van der Waals surface area contributed by atoms with Gasteiger partial charge in [-0.15, -0.1) is 12.4 Å². The largest absolute Gasteiger partial charge is 0.481 e. The summed E-state index contributed by atoms with van der Waals surface area (Å²) in [5.41, 5.74) is 0. The van der Waals surface area contributed by atoms with Crippen LogP contribution in [0.2, 0.25) is 0 Å². The minimum atomic E-state index is -0.677. The minimum Gasteiger partial charge on any atom is -0.481 e. The molecule has 0 aliphatic rings.